The quantitative estimate of drug-likeness (QED) is 0.0514. The molecule has 14 nitrogen and oxygen atoms in total. The predicted molar refractivity (Wildman–Crippen MR) is 277 cm³/mol. The van der Waals surface area contributed by atoms with Gasteiger partial charge in [0.25, 0.3) is 11.5 Å². The van der Waals surface area contributed by atoms with Crippen LogP contribution in [0, 0.1) is 12.8 Å². The average Bonchev–Trinajstić information content (AvgIpc) is 3.36. The van der Waals surface area contributed by atoms with E-state index in [9.17, 15) is 22.8 Å². The van der Waals surface area contributed by atoms with Crippen molar-refractivity contribution in [1.82, 2.24) is 39.7 Å². The molecule has 1 saturated heterocycles. The van der Waals surface area contributed by atoms with E-state index in [-0.39, 0.29) is 47.7 Å². The van der Waals surface area contributed by atoms with E-state index >= 15 is 0 Å². The number of thiocarbonyl (C=S) groups is 1. The molecule has 362 valence electrons. The first-order valence-electron chi connectivity index (χ1n) is 23.4. The number of hydrogen-bond donors (Lipinski definition) is 3. The van der Waals surface area contributed by atoms with Gasteiger partial charge in [-0.2, -0.15) is 4.31 Å². The van der Waals surface area contributed by atoms with Crippen molar-refractivity contribution in [3.8, 4) is 0 Å². The summed E-state index contributed by atoms with van der Waals surface area (Å²) in [7, 11) is -3.64. The summed E-state index contributed by atoms with van der Waals surface area (Å²) < 4.78 is 29.9. The second kappa shape index (κ2) is 24.0. The molecule has 1 atom stereocenters. The summed E-state index contributed by atoms with van der Waals surface area (Å²) in [4.78, 5) is 55.6. The average molecular weight is 991 g/mol. The normalized spacial score (nSPS) is 13.5. The van der Waals surface area contributed by atoms with Crippen molar-refractivity contribution >= 4 is 67.4 Å². The Balaban J connectivity index is 1.03. The zero-order valence-electron chi connectivity index (χ0n) is 39.3. The lowest BCUT2D eigenvalue weighted by Crippen LogP contribution is -2.46. The van der Waals surface area contributed by atoms with Crippen LogP contribution in [0.1, 0.15) is 78.4 Å². The Kier molecular flexibility index (Phi) is 17.7. The number of nitrogens with one attached hydrogen (secondary N) is 3. The Morgan fingerprint density at radius 3 is 2.29 bits per heavy atom. The fourth-order valence-corrected chi connectivity index (χ4v) is 10.3. The number of carbonyl (C=O) groups is 2. The summed E-state index contributed by atoms with van der Waals surface area (Å²) in [6.45, 7) is 9.82. The van der Waals surface area contributed by atoms with Crippen LogP contribution in [0.2, 0.25) is 5.02 Å². The Morgan fingerprint density at radius 2 is 1.59 bits per heavy atom. The third kappa shape index (κ3) is 13.2. The first-order chi connectivity index (χ1) is 33.3. The van der Waals surface area contributed by atoms with Gasteiger partial charge in [-0.3, -0.25) is 23.9 Å². The minimum Gasteiger partial charge on any atom is -0.358 e. The molecular weight excluding hydrogens is 930 g/mol. The number of hydrogen-bond acceptors (Lipinski definition) is 9. The highest BCUT2D eigenvalue weighted by atomic mass is 35.5. The molecule has 2 amide bonds. The molecule has 3 N–H and O–H groups in total. The molecule has 2 aromatic heterocycles. The smallest absolute Gasteiger partial charge is 0.261 e. The zero-order chi connectivity index (χ0) is 48.9. The van der Waals surface area contributed by atoms with Crippen molar-refractivity contribution in [3.63, 3.8) is 0 Å². The standard InChI is InChI=1S/C52H60ClN9O5S2/c1-37(2)48(49-58-46-33-42(53)19-24-45(46)51(65)62(49)36-39-11-5-4-6-12-39)61(50(64)41-17-15-38(3)16-18-41)30-10-26-56-47(63)14-7-8-29-60(52(68)57-35-40-13-9-25-55-34-40)43-20-22-44(23-21-43)69(66,67)59-31-27-54-28-32-59/h4-6,9,11-13,15-25,33-34,37,48,54H,7-8,10,14,26-32,35-36H2,1-3H3,(H,56,63)(H,57,68)/t48-/m1/s1. The Labute approximate surface area is 415 Å². The van der Waals surface area contributed by atoms with Crippen LogP contribution in [0.4, 0.5) is 5.69 Å². The lowest BCUT2D eigenvalue weighted by atomic mass is 9.98. The third-order valence-corrected chi connectivity index (χ3v) is 14.6. The molecular formula is C52H60ClN9O5S2. The van der Waals surface area contributed by atoms with Crippen molar-refractivity contribution in [2.24, 2.45) is 5.92 Å². The monoisotopic (exact) mass is 989 g/mol. The minimum absolute atomic E-state index is 0.122. The number of piperazine rings is 1. The highest BCUT2D eigenvalue weighted by Gasteiger charge is 2.33. The zero-order valence-corrected chi connectivity index (χ0v) is 41.7. The highest BCUT2D eigenvalue weighted by molar-refractivity contribution is 7.89. The number of fused-ring (bicyclic) bond motifs is 1. The van der Waals surface area contributed by atoms with Crippen LogP contribution in [-0.4, -0.2) is 94.9 Å². The summed E-state index contributed by atoms with van der Waals surface area (Å²) >= 11 is 12.3. The molecule has 1 aliphatic heterocycles. The number of anilines is 1. The van der Waals surface area contributed by atoms with E-state index in [4.69, 9.17) is 28.8 Å². The van der Waals surface area contributed by atoms with Gasteiger partial charge < -0.3 is 25.8 Å². The van der Waals surface area contributed by atoms with Crippen molar-refractivity contribution < 1.29 is 18.0 Å². The number of carbonyl (C=O) groups excluding carboxylic acids is 2. The summed E-state index contributed by atoms with van der Waals surface area (Å²) in [5.74, 6) is -0.0428. The number of pyridine rings is 1. The van der Waals surface area contributed by atoms with Crippen LogP contribution < -0.4 is 26.4 Å². The van der Waals surface area contributed by atoms with Gasteiger partial charge in [0.15, 0.2) is 5.11 Å². The number of benzene rings is 4. The van der Waals surface area contributed by atoms with Crippen molar-refractivity contribution in [2.45, 2.75) is 70.5 Å². The van der Waals surface area contributed by atoms with E-state index in [2.05, 4.69) is 20.9 Å². The SMILES string of the molecule is Cc1ccc(C(=O)N(CCCNC(=O)CCCCN(C(=S)NCc2cccnc2)c2ccc(S(=O)(=O)N3CCNCC3)cc2)[C@@H](c2nc3cc(Cl)ccc3c(=O)n2Cc2ccccc2)C(C)C)cc1. The van der Waals surface area contributed by atoms with Crippen LogP contribution in [0.5, 0.6) is 0 Å². The molecule has 6 aromatic rings. The number of amides is 2. The van der Waals surface area contributed by atoms with Gasteiger partial charge >= 0.3 is 0 Å². The first-order valence-corrected chi connectivity index (χ1v) is 25.7. The van der Waals surface area contributed by atoms with Gasteiger partial charge in [0.1, 0.15) is 5.82 Å². The summed E-state index contributed by atoms with van der Waals surface area (Å²) in [5, 5.41) is 10.9. The fraction of sp³-hybridized carbons (Fsp3) is 0.346. The van der Waals surface area contributed by atoms with Crippen molar-refractivity contribution in [1.29, 1.82) is 0 Å². The lowest BCUT2D eigenvalue weighted by Gasteiger charge is -2.35. The Morgan fingerprint density at radius 1 is 0.870 bits per heavy atom. The number of aryl methyl sites for hydroxylation is 1. The number of rotatable bonds is 20. The number of halogens is 1. The van der Waals surface area contributed by atoms with E-state index in [0.717, 1.165) is 22.4 Å². The summed E-state index contributed by atoms with van der Waals surface area (Å²) in [5.41, 5.74) is 4.35. The van der Waals surface area contributed by atoms with E-state index in [1.165, 1.54) is 4.31 Å². The molecule has 0 spiro atoms. The molecule has 1 aliphatic rings. The van der Waals surface area contributed by atoms with Crippen LogP contribution in [0.15, 0.2) is 131 Å². The maximum atomic E-state index is 14.6. The summed E-state index contributed by atoms with van der Waals surface area (Å²) in [6, 6.07) is 32.2. The number of sulfonamides is 1. The second-order valence-corrected chi connectivity index (χ2v) is 20.3. The van der Waals surface area contributed by atoms with Crippen molar-refractivity contribution in [3.05, 3.63) is 165 Å². The second-order valence-electron chi connectivity index (χ2n) is 17.5. The van der Waals surface area contributed by atoms with E-state index in [0.29, 0.717) is 97.5 Å². The molecule has 0 saturated carbocycles. The molecule has 17 heteroatoms. The molecule has 3 heterocycles. The van der Waals surface area contributed by atoms with Crippen LogP contribution in [-0.2, 0) is 27.9 Å². The number of nitrogens with zero attached hydrogens (tertiary/aromatic N) is 6. The number of unbranched alkanes of at least 4 members (excludes halogenated alkanes) is 1. The van der Waals surface area contributed by atoms with E-state index < -0.39 is 16.1 Å². The Hall–Kier alpha value is -6.04. The topological polar surface area (TPSA) is 162 Å². The Bertz CT molecular complexity index is 2860. The molecule has 4 aromatic carbocycles. The van der Waals surface area contributed by atoms with Crippen LogP contribution in [0.25, 0.3) is 10.9 Å². The lowest BCUT2D eigenvalue weighted by molar-refractivity contribution is -0.121. The maximum Gasteiger partial charge on any atom is 0.261 e. The van der Waals surface area contributed by atoms with E-state index in [1.54, 1.807) is 64.3 Å². The molecule has 69 heavy (non-hydrogen) atoms. The predicted octanol–water partition coefficient (Wildman–Crippen LogP) is 7.49. The fourth-order valence-electron chi connectivity index (χ4n) is 8.46. The maximum absolute atomic E-state index is 14.6. The molecule has 0 unspecified atom stereocenters. The van der Waals surface area contributed by atoms with Gasteiger partial charge in [-0.15, -0.1) is 0 Å². The van der Waals surface area contributed by atoms with Gasteiger partial charge in [-0.25, -0.2) is 13.4 Å². The third-order valence-electron chi connectivity index (χ3n) is 12.1. The van der Waals surface area contributed by atoms with Gasteiger partial charge in [-0.1, -0.05) is 79.5 Å². The largest absolute Gasteiger partial charge is 0.358 e. The van der Waals surface area contributed by atoms with Crippen molar-refractivity contribution in [2.75, 3.05) is 50.7 Å². The highest BCUT2D eigenvalue weighted by Crippen LogP contribution is 2.31. The van der Waals surface area contributed by atoms with Gasteiger partial charge in [0.2, 0.25) is 15.9 Å². The molecule has 0 bridgehead atoms. The first kappa shape index (κ1) is 50.8. The number of aromatic nitrogens is 3. The summed E-state index contributed by atoms with van der Waals surface area (Å²) in [6.07, 6.45) is 5.36. The van der Waals surface area contributed by atoms with Crippen LogP contribution in [0.3, 0.4) is 0 Å². The molecule has 0 aliphatic carbocycles. The molecule has 0 radical (unpaired) electrons. The minimum atomic E-state index is -3.64. The molecule has 1 fully saturated rings. The van der Waals surface area contributed by atoms with Gasteiger partial charge in [0.05, 0.1) is 28.4 Å². The van der Waals surface area contributed by atoms with Gasteiger partial charge in [0, 0.05) is 87.4 Å². The van der Waals surface area contributed by atoms with Gasteiger partial charge in [-0.05, 0) is 116 Å². The molecule has 7 rings (SSSR count). The van der Waals surface area contributed by atoms with Crippen LogP contribution >= 0.6 is 23.8 Å². The van der Waals surface area contributed by atoms with E-state index in [1.807, 2.05) is 92.4 Å².